The molecule has 2 aromatic carbocycles. The molecular formula is C21H22F2N2O5S. The van der Waals surface area contributed by atoms with Crippen LogP contribution in [0, 0.1) is 18.6 Å². The highest BCUT2D eigenvalue weighted by molar-refractivity contribution is 7.89. The predicted molar refractivity (Wildman–Crippen MR) is 109 cm³/mol. The minimum absolute atomic E-state index is 0.0112. The van der Waals surface area contributed by atoms with E-state index in [1.807, 2.05) is 5.32 Å². The highest BCUT2D eigenvalue weighted by atomic mass is 32.2. The van der Waals surface area contributed by atoms with Crippen LogP contribution in [0.15, 0.2) is 41.3 Å². The van der Waals surface area contributed by atoms with Gasteiger partial charge in [-0.15, -0.1) is 0 Å². The zero-order chi connectivity index (χ0) is 22.6. The fraction of sp³-hybridized carbons (Fsp3) is 0.333. The number of aryl methyl sites for hydroxylation is 1. The molecule has 31 heavy (non-hydrogen) atoms. The van der Waals surface area contributed by atoms with E-state index in [9.17, 15) is 26.8 Å². The quantitative estimate of drug-likeness (QED) is 0.680. The number of rotatable bonds is 6. The smallest absolute Gasteiger partial charge is 0.338 e. The van der Waals surface area contributed by atoms with Crippen LogP contribution in [-0.2, 0) is 19.6 Å². The number of amides is 1. The van der Waals surface area contributed by atoms with E-state index < -0.39 is 45.8 Å². The predicted octanol–water partition coefficient (Wildman–Crippen LogP) is 3.24. The summed E-state index contributed by atoms with van der Waals surface area (Å²) in [6.07, 6.45) is 2.52. The minimum atomic E-state index is -3.75. The summed E-state index contributed by atoms with van der Waals surface area (Å²) >= 11 is 0. The van der Waals surface area contributed by atoms with E-state index in [1.54, 1.807) is 6.92 Å². The molecule has 0 radical (unpaired) electrons. The Balaban J connectivity index is 1.70. The summed E-state index contributed by atoms with van der Waals surface area (Å²) in [6, 6.07) is 7.22. The lowest BCUT2D eigenvalue weighted by molar-refractivity contribution is -0.119. The maximum absolute atomic E-state index is 13.6. The van der Waals surface area contributed by atoms with Crippen molar-refractivity contribution >= 4 is 27.6 Å². The van der Waals surface area contributed by atoms with Gasteiger partial charge in [-0.2, -0.15) is 4.31 Å². The number of carbonyl (C=O) groups excluding carboxylic acids is 2. The van der Waals surface area contributed by atoms with Crippen LogP contribution in [0.5, 0.6) is 0 Å². The summed E-state index contributed by atoms with van der Waals surface area (Å²) in [5.41, 5.74) is -0.194. The molecule has 1 amide bonds. The first-order chi connectivity index (χ1) is 14.7. The molecule has 1 aliphatic rings. The van der Waals surface area contributed by atoms with Crippen molar-refractivity contribution in [3.63, 3.8) is 0 Å². The van der Waals surface area contributed by atoms with Gasteiger partial charge in [-0.25, -0.2) is 22.0 Å². The summed E-state index contributed by atoms with van der Waals surface area (Å²) < 4.78 is 59.2. The van der Waals surface area contributed by atoms with Crippen LogP contribution in [0.25, 0.3) is 0 Å². The van der Waals surface area contributed by atoms with Crippen molar-refractivity contribution in [2.45, 2.75) is 31.1 Å². The van der Waals surface area contributed by atoms with Crippen molar-refractivity contribution in [3.05, 3.63) is 59.2 Å². The molecular weight excluding hydrogens is 430 g/mol. The molecule has 0 bridgehead atoms. The first kappa shape index (κ1) is 22.8. The molecule has 1 saturated heterocycles. The first-order valence-electron chi connectivity index (χ1n) is 9.72. The van der Waals surface area contributed by atoms with Gasteiger partial charge >= 0.3 is 5.97 Å². The Morgan fingerprint density at radius 2 is 1.71 bits per heavy atom. The molecule has 1 heterocycles. The van der Waals surface area contributed by atoms with Crippen molar-refractivity contribution in [1.29, 1.82) is 0 Å². The minimum Gasteiger partial charge on any atom is -0.452 e. The molecule has 0 saturated carbocycles. The molecule has 0 atom stereocenters. The molecule has 1 fully saturated rings. The number of halogens is 2. The number of esters is 1. The second-order valence-electron chi connectivity index (χ2n) is 7.16. The molecule has 0 unspecified atom stereocenters. The number of sulfonamides is 1. The van der Waals surface area contributed by atoms with Gasteiger partial charge in [-0.1, -0.05) is 18.6 Å². The van der Waals surface area contributed by atoms with Crippen molar-refractivity contribution < 1.29 is 31.5 Å². The number of piperidine rings is 1. The largest absolute Gasteiger partial charge is 0.452 e. The molecule has 2 aromatic rings. The lowest BCUT2D eigenvalue weighted by Crippen LogP contribution is -2.35. The molecule has 0 aromatic heterocycles. The van der Waals surface area contributed by atoms with Gasteiger partial charge in [0.15, 0.2) is 6.61 Å². The van der Waals surface area contributed by atoms with Crippen LogP contribution < -0.4 is 5.32 Å². The summed E-state index contributed by atoms with van der Waals surface area (Å²) in [4.78, 5) is 24.4. The first-order valence-corrected chi connectivity index (χ1v) is 11.2. The molecule has 10 heteroatoms. The topological polar surface area (TPSA) is 92.8 Å². The number of nitrogens with zero attached hydrogens (tertiary/aromatic N) is 1. The van der Waals surface area contributed by atoms with E-state index in [4.69, 9.17) is 4.74 Å². The Hall–Kier alpha value is -2.85. The number of benzene rings is 2. The van der Waals surface area contributed by atoms with Crippen LogP contribution in [0.3, 0.4) is 0 Å². The Labute approximate surface area is 179 Å². The number of hydrogen-bond donors (Lipinski definition) is 1. The van der Waals surface area contributed by atoms with Crippen LogP contribution in [0.4, 0.5) is 14.5 Å². The normalized spacial score (nSPS) is 14.8. The SMILES string of the molecule is Cc1ccc(S(=O)(=O)N2CCCCC2)cc1C(=O)OCC(=O)Nc1c(F)cccc1F. The number of anilines is 1. The maximum atomic E-state index is 13.6. The maximum Gasteiger partial charge on any atom is 0.338 e. The average Bonchev–Trinajstić information content (AvgIpc) is 2.75. The van der Waals surface area contributed by atoms with E-state index in [0.717, 1.165) is 37.5 Å². The third-order valence-electron chi connectivity index (χ3n) is 4.94. The number of para-hydroxylation sites is 1. The lowest BCUT2D eigenvalue weighted by Gasteiger charge is -2.26. The number of nitrogens with one attached hydrogen (secondary N) is 1. The standard InChI is InChI=1S/C21H22F2N2O5S/c1-14-8-9-15(31(28,29)25-10-3-2-4-11-25)12-16(14)21(27)30-13-19(26)24-20-17(22)6-5-7-18(20)23/h5-9,12H,2-4,10-11,13H2,1H3,(H,24,26). The van der Waals surface area contributed by atoms with Crippen LogP contribution >= 0.6 is 0 Å². The molecule has 0 spiro atoms. The van der Waals surface area contributed by atoms with Gasteiger partial charge in [0.1, 0.15) is 17.3 Å². The number of ether oxygens (including phenoxy) is 1. The van der Waals surface area contributed by atoms with Gasteiger partial charge in [0, 0.05) is 13.1 Å². The van der Waals surface area contributed by atoms with E-state index in [2.05, 4.69) is 0 Å². The molecule has 3 rings (SSSR count). The molecule has 1 aliphatic heterocycles. The molecule has 1 N–H and O–H groups in total. The van der Waals surface area contributed by atoms with Crippen molar-refractivity contribution in [2.75, 3.05) is 25.0 Å². The van der Waals surface area contributed by atoms with Gasteiger partial charge < -0.3 is 10.1 Å². The fourth-order valence-corrected chi connectivity index (χ4v) is 4.78. The number of hydrogen-bond acceptors (Lipinski definition) is 5. The third-order valence-corrected chi connectivity index (χ3v) is 6.84. The van der Waals surface area contributed by atoms with Gasteiger partial charge in [-0.05, 0) is 49.6 Å². The third kappa shape index (κ3) is 5.26. The van der Waals surface area contributed by atoms with Crippen molar-refractivity contribution in [2.24, 2.45) is 0 Å². The monoisotopic (exact) mass is 452 g/mol. The Morgan fingerprint density at radius 3 is 2.35 bits per heavy atom. The lowest BCUT2D eigenvalue weighted by atomic mass is 10.1. The average molecular weight is 452 g/mol. The molecule has 166 valence electrons. The highest BCUT2D eigenvalue weighted by Crippen LogP contribution is 2.23. The highest BCUT2D eigenvalue weighted by Gasteiger charge is 2.27. The van der Waals surface area contributed by atoms with Gasteiger partial charge in [0.05, 0.1) is 10.5 Å². The second kappa shape index (κ2) is 9.52. The summed E-state index contributed by atoms with van der Waals surface area (Å²) in [5.74, 6) is -3.79. The van der Waals surface area contributed by atoms with Crippen LogP contribution in [0.2, 0.25) is 0 Å². The van der Waals surface area contributed by atoms with E-state index in [0.29, 0.717) is 18.7 Å². The van der Waals surface area contributed by atoms with Crippen molar-refractivity contribution in [3.8, 4) is 0 Å². The van der Waals surface area contributed by atoms with Crippen LogP contribution in [-0.4, -0.2) is 44.3 Å². The van der Waals surface area contributed by atoms with Gasteiger partial charge in [0.2, 0.25) is 10.0 Å². The van der Waals surface area contributed by atoms with E-state index in [1.165, 1.54) is 22.5 Å². The van der Waals surface area contributed by atoms with Crippen LogP contribution in [0.1, 0.15) is 35.2 Å². The fourth-order valence-electron chi connectivity index (χ4n) is 3.24. The Kier molecular flexibility index (Phi) is 7.01. The summed E-state index contributed by atoms with van der Waals surface area (Å²) in [7, 11) is -3.75. The second-order valence-corrected chi connectivity index (χ2v) is 9.10. The van der Waals surface area contributed by atoms with Gasteiger partial charge in [-0.3, -0.25) is 4.79 Å². The molecule has 7 nitrogen and oxygen atoms in total. The summed E-state index contributed by atoms with van der Waals surface area (Å²) in [6.45, 7) is 1.64. The summed E-state index contributed by atoms with van der Waals surface area (Å²) in [5, 5.41) is 2.01. The Bertz CT molecular complexity index is 1080. The molecule has 0 aliphatic carbocycles. The van der Waals surface area contributed by atoms with Crippen molar-refractivity contribution in [1.82, 2.24) is 4.31 Å². The van der Waals surface area contributed by atoms with Gasteiger partial charge in [0.25, 0.3) is 5.91 Å². The zero-order valence-corrected chi connectivity index (χ0v) is 17.7. The Morgan fingerprint density at radius 1 is 1.06 bits per heavy atom. The number of carbonyl (C=O) groups is 2. The zero-order valence-electron chi connectivity index (χ0n) is 16.9. The van der Waals surface area contributed by atoms with E-state index >= 15 is 0 Å². The van der Waals surface area contributed by atoms with E-state index in [-0.39, 0.29) is 10.5 Å².